The Morgan fingerprint density at radius 2 is 2.33 bits per heavy atom. The molecule has 15 heavy (non-hydrogen) atoms. The highest BCUT2D eigenvalue weighted by molar-refractivity contribution is 7.99. The van der Waals surface area contributed by atoms with Gasteiger partial charge in [0.25, 0.3) is 5.91 Å². The Hall–Kier alpha value is -1.07. The van der Waals surface area contributed by atoms with Gasteiger partial charge in [-0.25, -0.2) is 5.84 Å². The molecule has 0 aromatic carbocycles. The van der Waals surface area contributed by atoms with Gasteiger partial charge in [-0.1, -0.05) is 13.8 Å². The number of hydrogen-bond acceptors (Lipinski definition) is 4. The molecule has 1 heterocycles. The fourth-order valence-electron chi connectivity index (χ4n) is 0.980. The lowest BCUT2D eigenvalue weighted by Crippen LogP contribution is -2.30. The average molecular weight is 225 g/mol. The molecule has 0 atom stereocenters. The zero-order chi connectivity index (χ0) is 11.3. The molecule has 0 aliphatic heterocycles. The van der Waals surface area contributed by atoms with E-state index in [0.717, 1.165) is 11.4 Å². The van der Waals surface area contributed by atoms with Crippen molar-refractivity contribution in [2.24, 2.45) is 5.84 Å². The van der Waals surface area contributed by atoms with E-state index < -0.39 is 0 Å². The minimum Gasteiger partial charge on any atom is -0.290 e. The minimum atomic E-state index is -0.314. The number of hydrogen-bond donors (Lipinski definition) is 2. The van der Waals surface area contributed by atoms with Crippen LogP contribution in [0.3, 0.4) is 0 Å². The molecular weight excluding hydrogens is 210 g/mol. The van der Waals surface area contributed by atoms with E-state index in [-0.39, 0.29) is 5.91 Å². The van der Waals surface area contributed by atoms with Crippen molar-refractivity contribution in [2.45, 2.75) is 24.9 Å². The molecule has 3 N–H and O–H groups in total. The number of carbonyl (C=O) groups excluding carboxylic acids is 1. The number of nitrogen functional groups attached to an aromatic ring is 1. The van der Waals surface area contributed by atoms with Crippen LogP contribution in [0.25, 0.3) is 0 Å². The molecule has 1 rings (SSSR count). The second-order valence-corrected chi connectivity index (χ2v) is 4.94. The highest BCUT2D eigenvalue weighted by Gasteiger charge is 2.04. The van der Waals surface area contributed by atoms with Gasteiger partial charge >= 0.3 is 0 Å². The fraction of sp³-hybridized carbons (Fsp3) is 0.400. The molecule has 0 bridgehead atoms. The lowest BCUT2D eigenvalue weighted by atomic mass is 10.2. The van der Waals surface area contributed by atoms with Crippen LogP contribution in [0.1, 0.15) is 29.9 Å². The van der Waals surface area contributed by atoms with Gasteiger partial charge in [-0.2, -0.15) is 11.8 Å². The highest BCUT2D eigenvalue weighted by Crippen LogP contribution is 2.15. The van der Waals surface area contributed by atoms with E-state index in [1.54, 1.807) is 12.3 Å². The summed E-state index contributed by atoms with van der Waals surface area (Å²) in [6.45, 7) is 4.28. The standard InChI is InChI=1S/C10H15N3OS/c1-7(2)15-6-9-4-3-8(5-12-9)10(14)13-11/h3-5,7H,6,11H2,1-2H3,(H,13,14). The Bertz CT molecular complexity index is 324. The number of pyridine rings is 1. The molecule has 0 spiro atoms. The van der Waals surface area contributed by atoms with Gasteiger partial charge in [-0.15, -0.1) is 0 Å². The second-order valence-electron chi connectivity index (χ2n) is 3.37. The molecular formula is C10H15N3OS. The number of carbonyl (C=O) groups is 1. The lowest BCUT2D eigenvalue weighted by molar-refractivity contribution is 0.0953. The van der Waals surface area contributed by atoms with Crippen LogP contribution >= 0.6 is 11.8 Å². The molecule has 0 aliphatic carbocycles. The van der Waals surface area contributed by atoms with Crippen LogP contribution in [0.2, 0.25) is 0 Å². The molecule has 1 amide bonds. The van der Waals surface area contributed by atoms with Gasteiger partial charge in [0, 0.05) is 11.9 Å². The summed E-state index contributed by atoms with van der Waals surface area (Å²) in [5.74, 6) is 5.56. The number of nitrogens with one attached hydrogen (secondary N) is 1. The molecule has 0 unspecified atom stereocenters. The molecule has 1 aromatic heterocycles. The zero-order valence-electron chi connectivity index (χ0n) is 8.86. The summed E-state index contributed by atoms with van der Waals surface area (Å²) in [5.41, 5.74) is 3.52. The van der Waals surface area contributed by atoms with Crippen LogP contribution in [-0.4, -0.2) is 16.1 Å². The third-order valence-corrected chi connectivity index (χ3v) is 2.91. The van der Waals surface area contributed by atoms with Crippen molar-refractivity contribution in [1.29, 1.82) is 0 Å². The molecule has 1 aromatic rings. The maximum absolute atomic E-state index is 11.1. The van der Waals surface area contributed by atoms with Gasteiger partial charge in [-0.3, -0.25) is 15.2 Å². The third-order valence-electron chi connectivity index (χ3n) is 1.78. The smallest absolute Gasteiger partial charge is 0.266 e. The second kappa shape index (κ2) is 5.72. The van der Waals surface area contributed by atoms with E-state index in [1.807, 2.05) is 17.8 Å². The number of hydrazine groups is 1. The Morgan fingerprint density at radius 3 is 2.80 bits per heavy atom. The van der Waals surface area contributed by atoms with Crippen LogP contribution in [0.4, 0.5) is 0 Å². The summed E-state index contributed by atoms with van der Waals surface area (Å²) in [7, 11) is 0. The number of rotatable bonds is 4. The highest BCUT2D eigenvalue weighted by atomic mass is 32.2. The molecule has 0 aliphatic rings. The third kappa shape index (κ3) is 3.89. The molecule has 82 valence electrons. The Kier molecular flexibility index (Phi) is 4.58. The molecule has 0 saturated heterocycles. The van der Waals surface area contributed by atoms with Crippen molar-refractivity contribution >= 4 is 17.7 Å². The topological polar surface area (TPSA) is 68.0 Å². The predicted molar refractivity (Wildman–Crippen MR) is 62.3 cm³/mol. The Morgan fingerprint density at radius 1 is 1.60 bits per heavy atom. The first-order valence-corrected chi connectivity index (χ1v) is 5.76. The van der Waals surface area contributed by atoms with E-state index >= 15 is 0 Å². The number of amides is 1. The van der Waals surface area contributed by atoms with Gasteiger partial charge in [0.2, 0.25) is 0 Å². The Balaban J connectivity index is 2.60. The summed E-state index contributed by atoms with van der Waals surface area (Å²) in [5, 5.41) is 0.582. The van der Waals surface area contributed by atoms with Crippen molar-refractivity contribution in [3.05, 3.63) is 29.6 Å². The van der Waals surface area contributed by atoms with Crippen molar-refractivity contribution in [1.82, 2.24) is 10.4 Å². The quantitative estimate of drug-likeness (QED) is 0.461. The summed E-state index contributed by atoms with van der Waals surface area (Å²) in [6, 6.07) is 3.57. The number of nitrogens with two attached hydrogens (primary N) is 1. The van der Waals surface area contributed by atoms with Gasteiger partial charge in [0.15, 0.2) is 0 Å². The predicted octanol–water partition coefficient (Wildman–Crippen LogP) is 1.33. The molecule has 0 saturated carbocycles. The first-order valence-electron chi connectivity index (χ1n) is 4.71. The van der Waals surface area contributed by atoms with Crippen molar-refractivity contribution in [2.75, 3.05) is 0 Å². The van der Waals surface area contributed by atoms with Crippen molar-refractivity contribution in [3.63, 3.8) is 0 Å². The van der Waals surface area contributed by atoms with Crippen LogP contribution in [0.5, 0.6) is 0 Å². The lowest BCUT2D eigenvalue weighted by Gasteiger charge is -2.04. The number of nitrogens with zero attached hydrogens (tertiary/aromatic N) is 1. The van der Waals surface area contributed by atoms with Gasteiger partial charge in [0.05, 0.1) is 11.3 Å². The van der Waals surface area contributed by atoms with Crippen LogP contribution in [0, 0.1) is 0 Å². The van der Waals surface area contributed by atoms with E-state index in [2.05, 4.69) is 24.3 Å². The van der Waals surface area contributed by atoms with E-state index in [1.165, 1.54) is 0 Å². The maximum Gasteiger partial charge on any atom is 0.266 e. The normalized spacial score (nSPS) is 10.4. The van der Waals surface area contributed by atoms with Gasteiger partial charge in [-0.05, 0) is 17.4 Å². The summed E-state index contributed by atoms with van der Waals surface area (Å²) in [6.07, 6.45) is 1.54. The fourth-order valence-corrected chi connectivity index (χ4v) is 1.65. The first kappa shape index (κ1) is 12.0. The van der Waals surface area contributed by atoms with E-state index in [9.17, 15) is 4.79 Å². The van der Waals surface area contributed by atoms with Crippen LogP contribution in [-0.2, 0) is 5.75 Å². The van der Waals surface area contributed by atoms with Crippen molar-refractivity contribution in [3.8, 4) is 0 Å². The first-order chi connectivity index (χ1) is 7.13. The molecule has 0 fully saturated rings. The Labute approximate surface area is 93.6 Å². The largest absolute Gasteiger partial charge is 0.290 e. The molecule has 0 radical (unpaired) electrons. The maximum atomic E-state index is 11.1. The van der Waals surface area contributed by atoms with Gasteiger partial charge in [0.1, 0.15) is 0 Å². The zero-order valence-corrected chi connectivity index (χ0v) is 9.67. The van der Waals surface area contributed by atoms with Crippen LogP contribution < -0.4 is 11.3 Å². The van der Waals surface area contributed by atoms with E-state index in [0.29, 0.717) is 10.8 Å². The number of aromatic nitrogens is 1. The SMILES string of the molecule is CC(C)SCc1ccc(C(=O)NN)cn1. The summed E-state index contributed by atoms with van der Waals surface area (Å²) in [4.78, 5) is 15.3. The summed E-state index contributed by atoms with van der Waals surface area (Å²) < 4.78 is 0. The van der Waals surface area contributed by atoms with Crippen molar-refractivity contribution < 1.29 is 4.79 Å². The minimum absolute atomic E-state index is 0.314. The van der Waals surface area contributed by atoms with E-state index in [4.69, 9.17) is 5.84 Å². The molecule has 4 nitrogen and oxygen atoms in total. The average Bonchev–Trinajstić information content (AvgIpc) is 2.26. The molecule has 5 heteroatoms. The monoisotopic (exact) mass is 225 g/mol. The summed E-state index contributed by atoms with van der Waals surface area (Å²) >= 11 is 1.82. The van der Waals surface area contributed by atoms with Crippen LogP contribution in [0.15, 0.2) is 18.3 Å². The number of thioether (sulfide) groups is 1. The van der Waals surface area contributed by atoms with Gasteiger partial charge < -0.3 is 0 Å².